The van der Waals surface area contributed by atoms with Crippen LogP contribution in [0.3, 0.4) is 0 Å². The molecule has 1 N–H and O–H groups in total. The third-order valence-corrected chi connectivity index (χ3v) is 3.89. The summed E-state index contributed by atoms with van der Waals surface area (Å²) in [6, 6.07) is 20.5. The lowest BCUT2D eigenvalue weighted by atomic mass is 9.93. The molecular formula is C17H20ClNO. The summed E-state index contributed by atoms with van der Waals surface area (Å²) in [5.74, 6) is 0. The highest BCUT2D eigenvalue weighted by Crippen LogP contribution is 2.32. The van der Waals surface area contributed by atoms with Crippen molar-refractivity contribution in [3.63, 3.8) is 0 Å². The fourth-order valence-corrected chi connectivity index (χ4v) is 2.83. The van der Waals surface area contributed by atoms with Crippen molar-refractivity contribution in [2.45, 2.75) is 18.6 Å². The van der Waals surface area contributed by atoms with Crippen molar-refractivity contribution in [1.29, 1.82) is 0 Å². The largest absolute Gasteiger partial charge is 0.384 e. The van der Waals surface area contributed by atoms with E-state index in [1.165, 1.54) is 5.56 Å². The molecule has 0 aromatic heterocycles. The van der Waals surface area contributed by atoms with Gasteiger partial charge >= 0.3 is 0 Å². The first-order chi connectivity index (χ1) is 9.26. The maximum atomic E-state index is 10.8. The molecule has 2 nitrogen and oxygen atoms in total. The van der Waals surface area contributed by atoms with E-state index >= 15 is 0 Å². The van der Waals surface area contributed by atoms with Gasteiger partial charge in [0.15, 0.2) is 0 Å². The average molecular weight is 290 g/mol. The van der Waals surface area contributed by atoms with Crippen LogP contribution in [0.15, 0.2) is 60.7 Å². The van der Waals surface area contributed by atoms with Gasteiger partial charge in [-0.3, -0.25) is 4.90 Å². The van der Waals surface area contributed by atoms with Gasteiger partial charge in [0, 0.05) is 19.6 Å². The number of likely N-dealkylation sites (tertiary alicyclic amines) is 1. The number of benzene rings is 2. The van der Waals surface area contributed by atoms with E-state index in [0.717, 1.165) is 25.1 Å². The van der Waals surface area contributed by atoms with Gasteiger partial charge in [-0.1, -0.05) is 60.7 Å². The Hall–Kier alpha value is -1.35. The second-order valence-electron chi connectivity index (χ2n) is 5.34. The molecule has 1 heterocycles. The molecule has 0 aliphatic carbocycles. The van der Waals surface area contributed by atoms with Crippen molar-refractivity contribution in [3.8, 4) is 0 Å². The van der Waals surface area contributed by atoms with Crippen molar-refractivity contribution in [2.24, 2.45) is 0 Å². The van der Waals surface area contributed by atoms with Crippen LogP contribution in [0.4, 0.5) is 0 Å². The van der Waals surface area contributed by atoms with Crippen LogP contribution in [0.5, 0.6) is 0 Å². The van der Waals surface area contributed by atoms with Crippen LogP contribution in [-0.4, -0.2) is 23.1 Å². The molecule has 0 saturated carbocycles. The first-order valence-electron chi connectivity index (χ1n) is 6.80. The summed E-state index contributed by atoms with van der Waals surface area (Å²) in [5, 5.41) is 10.8. The zero-order valence-corrected chi connectivity index (χ0v) is 12.2. The van der Waals surface area contributed by atoms with Crippen LogP contribution < -0.4 is 0 Å². The van der Waals surface area contributed by atoms with Gasteiger partial charge in [0.1, 0.15) is 5.60 Å². The fourth-order valence-electron chi connectivity index (χ4n) is 2.83. The van der Waals surface area contributed by atoms with E-state index < -0.39 is 5.60 Å². The smallest absolute Gasteiger partial charge is 0.103 e. The number of β-amino-alcohol motifs (C(OH)–C–C–N with tert-alkyl or cyclic N) is 1. The van der Waals surface area contributed by atoms with E-state index in [-0.39, 0.29) is 12.4 Å². The van der Waals surface area contributed by atoms with Gasteiger partial charge in [-0.05, 0) is 17.5 Å². The topological polar surface area (TPSA) is 23.5 Å². The Morgan fingerprint density at radius 2 is 1.55 bits per heavy atom. The minimum Gasteiger partial charge on any atom is -0.384 e. The molecule has 1 saturated heterocycles. The zero-order valence-electron chi connectivity index (χ0n) is 11.4. The Bertz CT molecular complexity index is 531. The van der Waals surface area contributed by atoms with Gasteiger partial charge in [0.2, 0.25) is 0 Å². The molecule has 3 heteroatoms. The SMILES string of the molecule is Cl.OC1(c2ccccc2)CCN(Cc2ccccc2)C1. The van der Waals surface area contributed by atoms with Crippen LogP contribution >= 0.6 is 12.4 Å². The molecular weight excluding hydrogens is 270 g/mol. The summed E-state index contributed by atoms with van der Waals surface area (Å²) in [4.78, 5) is 2.32. The van der Waals surface area contributed by atoms with Crippen molar-refractivity contribution in [3.05, 3.63) is 71.8 Å². The molecule has 106 valence electrons. The van der Waals surface area contributed by atoms with Gasteiger partial charge in [0.25, 0.3) is 0 Å². The van der Waals surface area contributed by atoms with Gasteiger partial charge in [0.05, 0.1) is 0 Å². The Morgan fingerprint density at radius 3 is 2.20 bits per heavy atom. The van der Waals surface area contributed by atoms with E-state index in [1.54, 1.807) is 0 Å². The third kappa shape index (κ3) is 3.21. The number of hydrogen-bond acceptors (Lipinski definition) is 2. The first kappa shape index (κ1) is 15.0. The second-order valence-corrected chi connectivity index (χ2v) is 5.34. The Kier molecular flexibility index (Phi) is 4.81. The van der Waals surface area contributed by atoms with Crippen molar-refractivity contribution < 1.29 is 5.11 Å². The van der Waals surface area contributed by atoms with E-state index in [1.807, 2.05) is 36.4 Å². The first-order valence-corrected chi connectivity index (χ1v) is 6.80. The molecule has 1 atom stereocenters. The average Bonchev–Trinajstić information content (AvgIpc) is 2.84. The Labute approximate surface area is 126 Å². The molecule has 1 aliphatic rings. The molecule has 0 amide bonds. The number of halogens is 1. The van der Waals surface area contributed by atoms with Crippen LogP contribution in [0.2, 0.25) is 0 Å². The van der Waals surface area contributed by atoms with E-state index in [9.17, 15) is 5.11 Å². The lowest BCUT2D eigenvalue weighted by Gasteiger charge is -2.24. The number of hydrogen-bond donors (Lipinski definition) is 1. The van der Waals surface area contributed by atoms with Crippen LogP contribution in [0.25, 0.3) is 0 Å². The Balaban J connectivity index is 0.00000147. The van der Waals surface area contributed by atoms with E-state index in [0.29, 0.717) is 6.54 Å². The monoisotopic (exact) mass is 289 g/mol. The molecule has 2 aromatic rings. The highest BCUT2D eigenvalue weighted by Gasteiger charge is 2.37. The molecule has 0 bridgehead atoms. The van der Waals surface area contributed by atoms with Crippen LogP contribution in [0.1, 0.15) is 17.5 Å². The quantitative estimate of drug-likeness (QED) is 0.938. The maximum Gasteiger partial charge on any atom is 0.103 e. The maximum absolute atomic E-state index is 10.8. The summed E-state index contributed by atoms with van der Waals surface area (Å²) < 4.78 is 0. The fraction of sp³-hybridized carbons (Fsp3) is 0.294. The third-order valence-electron chi connectivity index (χ3n) is 3.89. The molecule has 3 rings (SSSR count). The van der Waals surface area contributed by atoms with Gasteiger partial charge in [-0.15, -0.1) is 12.4 Å². The summed E-state index contributed by atoms with van der Waals surface area (Å²) in [7, 11) is 0. The summed E-state index contributed by atoms with van der Waals surface area (Å²) >= 11 is 0. The van der Waals surface area contributed by atoms with Gasteiger partial charge in [-0.2, -0.15) is 0 Å². The summed E-state index contributed by atoms with van der Waals surface area (Å²) in [6.07, 6.45) is 0.809. The second kappa shape index (κ2) is 6.40. The molecule has 0 spiro atoms. The van der Waals surface area contributed by atoms with Gasteiger partial charge < -0.3 is 5.11 Å². The number of aliphatic hydroxyl groups is 1. The Morgan fingerprint density at radius 1 is 0.950 bits per heavy atom. The standard InChI is InChI=1S/C17H19NO.ClH/c19-17(16-9-5-2-6-10-16)11-12-18(14-17)13-15-7-3-1-4-8-15;/h1-10,19H,11-14H2;1H. The number of rotatable bonds is 3. The van der Waals surface area contributed by atoms with E-state index in [4.69, 9.17) is 0 Å². The van der Waals surface area contributed by atoms with Crippen LogP contribution in [0, 0.1) is 0 Å². The van der Waals surface area contributed by atoms with Crippen molar-refractivity contribution in [2.75, 3.05) is 13.1 Å². The minimum absolute atomic E-state index is 0. The highest BCUT2D eigenvalue weighted by molar-refractivity contribution is 5.85. The lowest BCUT2D eigenvalue weighted by molar-refractivity contribution is 0.0453. The molecule has 1 unspecified atom stereocenters. The molecule has 0 radical (unpaired) electrons. The molecule has 20 heavy (non-hydrogen) atoms. The highest BCUT2D eigenvalue weighted by atomic mass is 35.5. The number of nitrogens with zero attached hydrogens (tertiary/aromatic N) is 1. The van der Waals surface area contributed by atoms with Gasteiger partial charge in [-0.25, -0.2) is 0 Å². The molecule has 1 aliphatic heterocycles. The predicted molar refractivity (Wildman–Crippen MR) is 83.9 cm³/mol. The molecule has 2 aromatic carbocycles. The lowest BCUT2D eigenvalue weighted by Crippen LogP contribution is -2.30. The van der Waals surface area contributed by atoms with Crippen molar-refractivity contribution in [1.82, 2.24) is 4.90 Å². The normalized spacial score (nSPS) is 22.4. The summed E-state index contributed by atoms with van der Waals surface area (Å²) in [6.45, 7) is 2.57. The minimum atomic E-state index is -0.684. The van der Waals surface area contributed by atoms with Crippen molar-refractivity contribution >= 4 is 12.4 Å². The van der Waals surface area contributed by atoms with E-state index in [2.05, 4.69) is 29.2 Å². The zero-order chi connectivity index (χ0) is 13.1. The molecule has 1 fully saturated rings. The summed E-state index contributed by atoms with van der Waals surface area (Å²) in [5.41, 5.74) is 1.65. The van der Waals surface area contributed by atoms with Crippen LogP contribution in [-0.2, 0) is 12.1 Å². The predicted octanol–water partition coefficient (Wildman–Crippen LogP) is 3.20.